The molecule has 3 heterocycles. The molecule has 1 amide bonds. The van der Waals surface area contributed by atoms with E-state index in [-0.39, 0.29) is 17.7 Å². The van der Waals surface area contributed by atoms with Crippen LogP contribution in [0.25, 0.3) is 10.9 Å². The van der Waals surface area contributed by atoms with Gasteiger partial charge in [0.2, 0.25) is 5.43 Å². The molecule has 1 atom stereocenters. The van der Waals surface area contributed by atoms with E-state index in [0.717, 1.165) is 70.5 Å². The SMILES string of the molecule is COc1cc2c(=O)c(C(=O)OF)cn(C3CC3)c2cc1N1CC[C@@H](CN(CCN(C)C)C2CCN(C(=O)OC(C)(C)C)CC2)C1. The van der Waals surface area contributed by atoms with E-state index in [1.54, 1.807) is 13.2 Å². The minimum Gasteiger partial charge on any atom is -0.495 e. The summed E-state index contributed by atoms with van der Waals surface area (Å²) in [6.45, 7) is 11.6. The number of likely N-dealkylation sites (tertiary alicyclic amines) is 1. The number of anilines is 1. The summed E-state index contributed by atoms with van der Waals surface area (Å²) in [7, 11) is 5.76. The number of aromatic nitrogens is 1. The van der Waals surface area contributed by atoms with Gasteiger partial charge in [0.1, 0.15) is 16.9 Å². The molecule has 45 heavy (non-hydrogen) atoms. The van der Waals surface area contributed by atoms with Gasteiger partial charge in [-0.15, -0.1) is 0 Å². The quantitative estimate of drug-likeness (QED) is 0.377. The van der Waals surface area contributed by atoms with Gasteiger partial charge in [-0.25, -0.2) is 14.5 Å². The molecule has 1 aromatic carbocycles. The van der Waals surface area contributed by atoms with Crippen molar-refractivity contribution in [2.24, 2.45) is 5.92 Å². The molecule has 11 nitrogen and oxygen atoms in total. The first-order valence-corrected chi connectivity index (χ1v) is 16.1. The van der Waals surface area contributed by atoms with E-state index < -0.39 is 17.0 Å². The van der Waals surface area contributed by atoms with Crippen molar-refractivity contribution in [1.82, 2.24) is 19.3 Å². The van der Waals surface area contributed by atoms with Crippen LogP contribution < -0.4 is 15.1 Å². The van der Waals surface area contributed by atoms with Crippen molar-refractivity contribution in [1.29, 1.82) is 0 Å². The van der Waals surface area contributed by atoms with Crippen LogP contribution in [0.5, 0.6) is 5.75 Å². The molecule has 3 fully saturated rings. The van der Waals surface area contributed by atoms with Crippen molar-refractivity contribution < 1.29 is 28.5 Å². The van der Waals surface area contributed by atoms with Crippen LogP contribution in [0.1, 0.15) is 69.3 Å². The van der Waals surface area contributed by atoms with Crippen LogP contribution >= 0.6 is 0 Å². The van der Waals surface area contributed by atoms with E-state index in [1.807, 2.05) is 36.3 Å². The van der Waals surface area contributed by atoms with E-state index >= 15 is 0 Å². The molecule has 2 aromatic rings. The van der Waals surface area contributed by atoms with Crippen molar-refractivity contribution in [2.45, 2.75) is 70.6 Å². The highest BCUT2D eigenvalue weighted by Gasteiger charge is 2.34. The number of hydrogen-bond donors (Lipinski definition) is 0. The van der Waals surface area contributed by atoms with Gasteiger partial charge < -0.3 is 28.7 Å². The highest BCUT2D eigenvalue weighted by molar-refractivity contribution is 5.95. The topological polar surface area (TPSA) is 96.8 Å². The lowest BCUT2D eigenvalue weighted by Gasteiger charge is -2.40. The number of fused-ring (bicyclic) bond motifs is 1. The molecule has 248 valence electrons. The Morgan fingerprint density at radius 1 is 1.02 bits per heavy atom. The van der Waals surface area contributed by atoms with Crippen molar-refractivity contribution in [2.75, 3.05) is 71.9 Å². The maximum absolute atomic E-state index is 13.2. The van der Waals surface area contributed by atoms with Crippen LogP contribution in [-0.2, 0) is 9.68 Å². The van der Waals surface area contributed by atoms with Crippen molar-refractivity contribution in [3.8, 4) is 5.75 Å². The van der Waals surface area contributed by atoms with E-state index in [0.29, 0.717) is 41.7 Å². The van der Waals surface area contributed by atoms with Crippen molar-refractivity contribution >= 4 is 28.7 Å². The smallest absolute Gasteiger partial charge is 0.410 e. The van der Waals surface area contributed by atoms with E-state index in [2.05, 4.69) is 33.7 Å². The summed E-state index contributed by atoms with van der Waals surface area (Å²) in [5, 5.41) is 0.314. The van der Waals surface area contributed by atoms with Gasteiger partial charge in [0.05, 0.1) is 23.7 Å². The van der Waals surface area contributed by atoms with Crippen LogP contribution in [0.4, 0.5) is 15.0 Å². The Labute approximate surface area is 264 Å². The normalized spacial score (nSPS) is 19.5. The first-order chi connectivity index (χ1) is 21.4. The lowest BCUT2D eigenvalue weighted by molar-refractivity contribution is -0.0789. The second kappa shape index (κ2) is 13.5. The molecule has 0 radical (unpaired) electrons. The predicted molar refractivity (Wildman–Crippen MR) is 171 cm³/mol. The Morgan fingerprint density at radius 3 is 2.33 bits per heavy atom. The lowest BCUT2D eigenvalue weighted by Crippen LogP contribution is -2.50. The number of piperidine rings is 1. The monoisotopic (exact) mass is 629 g/mol. The first kappa shape index (κ1) is 33.0. The lowest BCUT2D eigenvalue weighted by atomic mass is 10.0. The molecule has 12 heteroatoms. The summed E-state index contributed by atoms with van der Waals surface area (Å²) in [5.74, 6) is -0.299. The minimum atomic E-state index is -1.28. The van der Waals surface area contributed by atoms with Crippen LogP contribution in [0, 0.1) is 5.92 Å². The van der Waals surface area contributed by atoms with Gasteiger partial charge in [-0.3, -0.25) is 9.69 Å². The average molecular weight is 630 g/mol. The Bertz CT molecular complexity index is 1440. The second-order valence-corrected chi connectivity index (χ2v) is 14.0. The van der Waals surface area contributed by atoms with Gasteiger partial charge in [0.25, 0.3) is 0 Å². The fourth-order valence-corrected chi connectivity index (χ4v) is 6.64. The first-order valence-electron chi connectivity index (χ1n) is 16.1. The number of carbonyl (C=O) groups is 2. The Kier molecular flexibility index (Phi) is 9.93. The van der Waals surface area contributed by atoms with Crippen LogP contribution in [0.2, 0.25) is 0 Å². The maximum Gasteiger partial charge on any atom is 0.410 e. The predicted octanol–water partition coefficient (Wildman–Crippen LogP) is 4.48. The molecule has 0 bridgehead atoms. The molecule has 0 unspecified atom stereocenters. The standard InChI is InChI=1S/C33H48FN5O6/c1-33(2,3)44-32(42)36-13-10-23(11-14-36)37(16-15-35(4)5)19-22-9-12-38(20-22)28-18-27-25(17-29(28)43-6)30(40)26(31(41)45-34)21-39(27)24-7-8-24/h17-18,21-24H,7-16,19-20H2,1-6H3/t22-/m0/s1. The van der Waals surface area contributed by atoms with Crippen LogP contribution in [-0.4, -0.2) is 110 Å². The highest BCUT2D eigenvalue weighted by Crippen LogP contribution is 2.41. The Morgan fingerprint density at radius 2 is 1.73 bits per heavy atom. The zero-order valence-electron chi connectivity index (χ0n) is 27.5. The number of likely N-dealkylation sites (N-methyl/N-ethyl adjacent to an activating group) is 1. The molecule has 2 aliphatic heterocycles. The van der Waals surface area contributed by atoms with Crippen molar-refractivity contribution in [3.63, 3.8) is 0 Å². The molecule has 0 spiro atoms. The number of hydrogen-bond acceptors (Lipinski definition) is 9. The van der Waals surface area contributed by atoms with E-state index in [1.165, 1.54) is 6.20 Å². The largest absolute Gasteiger partial charge is 0.495 e. The van der Waals surface area contributed by atoms with E-state index in [9.17, 15) is 18.9 Å². The summed E-state index contributed by atoms with van der Waals surface area (Å²) in [6, 6.07) is 4.21. The van der Waals surface area contributed by atoms with Gasteiger partial charge in [-0.05, 0) is 85.0 Å². The number of amides is 1. The van der Waals surface area contributed by atoms with Gasteiger partial charge >= 0.3 is 12.1 Å². The number of ether oxygens (including phenoxy) is 2. The van der Waals surface area contributed by atoms with Gasteiger partial charge in [0.15, 0.2) is 0 Å². The molecular formula is C33H48FN5O6. The number of carbonyl (C=O) groups excluding carboxylic acids is 2. The number of benzene rings is 1. The van der Waals surface area contributed by atoms with Gasteiger partial charge in [0, 0.05) is 68.6 Å². The maximum atomic E-state index is 13.2. The number of pyridine rings is 1. The zero-order chi connectivity index (χ0) is 32.5. The molecule has 3 aliphatic rings. The fourth-order valence-electron chi connectivity index (χ4n) is 6.64. The molecular weight excluding hydrogens is 581 g/mol. The van der Waals surface area contributed by atoms with Gasteiger partial charge in [-0.2, -0.15) is 0 Å². The number of methoxy groups -OCH3 is 1. The summed E-state index contributed by atoms with van der Waals surface area (Å²) in [6.07, 6.45) is 5.90. The molecule has 0 N–H and O–H groups in total. The van der Waals surface area contributed by atoms with Crippen LogP contribution in [0.3, 0.4) is 0 Å². The number of halogens is 1. The zero-order valence-corrected chi connectivity index (χ0v) is 27.5. The third-order valence-electron chi connectivity index (χ3n) is 9.15. The van der Waals surface area contributed by atoms with E-state index in [4.69, 9.17) is 9.47 Å². The highest BCUT2D eigenvalue weighted by atomic mass is 19.3. The minimum absolute atomic E-state index is 0.152. The summed E-state index contributed by atoms with van der Waals surface area (Å²) in [5.41, 5.74) is 0.231. The number of rotatable bonds is 10. The van der Waals surface area contributed by atoms with Crippen LogP contribution in [0.15, 0.2) is 23.1 Å². The average Bonchev–Trinajstić information content (AvgIpc) is 3.74. The summed E-state index contributed by atoms with van der Waals surface area (Å²) >= 11 is 0. The molecule has 5 rings (SSSR count). The number of nitrogens with zero attached hydrogens (tertiary/aromatic N) is 5. The molecule has 1 aliphatic carbocycles. The third kappa shape index (κ3) is 7.71. The summed E-state index contributed by atoms with van der Waals surface area (Å²) < 4.78 is 26.1. The molecule has 1 aromatic heterocycles. The Balaban J connectivity index is 1.32. The third-order valence-corrected chi connectivity index (χ3v) is 9.15. The molecule has 1 saturated carbocycles. The Hall–Kier alpha value is -3.38. The summed E-state index contributed by atoms with van der Waals surface area (Å²) in [4.78, 5) is 50.3. The van der Waals surface area contributed by atoms with Gasteiger partial charge in [-0.1, -0.05) is 0 Å². The fraction of sp³-hybridized carbons (Fsp3) is 0.667. The molecule has 2 saturated heterocycles. The second-order valence-electron chi connectivity index (χ2n) is 14.0. The van der Waals surface area contributed by atoms with Crippen molar-refractivity contribution in [3.05, 3.63) is 34.1 Å².